The van der Waals surface area contributed by atoms with Gasteiger partial charge in [0.2, 0.25) is 0 Å². The summed E-state index contributed by atoms with van der Waals surface area (Å²) in [6.07, 6.45) is 3.37. The number of nitrogens with zero attached hydrogens (tertiary/aromatic N) is 3. The third-order valence-corrected chi connectivity index (χ3v) is 4.00. The van der Waals surface area contributed by atoms with Crippen molar-refractivity contribution in [1.29, 1.82) is 0 Å². The van der Waals surface area contributed by atoms with Crippen LogP contribution in [-0.2, 0) is 0 Å². The van der Waals surface area contributed by atoms with Crippen LogP contribution in [0.1, 0.15) is 24.4 Å². The molecule has 3 aromatic rings. The predicted octanol–water partition coefficient (Wildman–Crippen LogP) is 2.76. The molecular weight excluding hydrogens is 321 g/mol. The zero-order chi connectivity index (χ0) is 18.0. The number of aryl methyl sites for hydroxylation is 1. The fourth-order valence-electron chi connectivity index (χ4n) is 2.60. The number of hydrogen-bond donors (Lipinski definition) is 4. The highest BCUT2D eigenvalue weighted by Crippen LogP contribution is 2.24. The summed E-state index contributed by atoms with van der Waals surface area (Å²) in [5.41, 5.74) is 10.1. The molecule has 3 rings (SSSR count). The maximum absolute atomic E-state index is 14.5. The van der Waals surface area contributed by atoms with Gasteiger partial charge in [-0.15, -0.1) is 0 Å². The molecule has 0 radical (unpaired) electrons. The Labute approximate surface area is 144 Å². The molecule has 0 aliphatic heterocycles. The minimum absolute atomic E-state index is 0.156. The molecular formula is C17H20FN7. The molecule has 1 atom stereocenters. The van der Waals surface area contributed by atoms with Crippen LogP contribution in [0.25, 0.3) is 5.69 Å². The van der Waals surface area contributed by atoms with Gasteiger partial charge in [0.15, 0.2) is 5.82 Å². The summed E-state index contributed by atoms with van der Waals surface area (Å²) in [7, 11) is 0. The second kappa shape index (κ2) is 6.78. The quantitative estimate of drug-likeness (QED) is 0.420. The lowest BCUT2D eigenvalue weighted by Crippen LogP contribution is -2.13. The highest BCUT2D eigenvalue weighted by molar-refractivity contribution is 5.64. The highest BCUT2D eigenvalue weighted by atomic mass is 19.1. The largest absolute Gasteiger partial charge is 0.382 e. The molecule has 2 heterocycles. The van der Waals surface area contributed by atoms with Crippen LogP contribution in [0.15, 0.2) is 42.7 Å². The van der Waals surface area contributed by atoms with Crippen molar-refractivity contribution in [1.82, 2.24) is 14.5 Å². The van der Waals surface area contributed by atoms with Gasteiger partial charge in [0.05, 0.1) is 17.4 Å². The minimum Gasteiger partial charge on any atom is -0.382 e. The molecule has 1 aromatic carbocycles. The number of benzene rings is 1. The third-order valence-electron chi connectivity index (χ3n) is 4.00. The van der Waals surface area contributed by atoms with Crippen LogP contribution in [0.4, 0.5) is 21.7 Å². The SMILES string of the molecule is Cc1nccn1-c1ccc(C(C)Nc2ccc(NN)c(N)n2)cc1F. The molecule has 6 N–H and O–H groups in total. The lowest BCUT2D eigenvalue weighted by Gasteiger charge is -2.17. The van der Waals surface area contributed by atoms with Crippen molar-refractivity contribution >= 4 is 17.3 Å². The predicted molar refractivity (Wildman–Crippen MR) is 96.8 cm³/mol. The molecule has 2 aromatic heterocycles. The van der Waals surface area contributed by atoms with E-state index >= 15 is 0 Å². The van der Waals surface area contributed by atoms with Crippen LogP contribution in [0.5, 0.6) is 0 Å². The Morgan fingerprint density at radius 2 is 2.04 bits per heavy atom. The van der Waals surface area contributed by atoms with E-state index in [1.165, 1.54) is 6.07 Å². The van der Waals surface area contributed by atoms with Crippen molar-refractivity contribution in [3.63, 3.8) is 0 Å². The van der Waals surface area contributed by atoms with Crippen LogP contribution >= 0.6 is 0 Å². The van der Waals surface area contributed by atoms with Crippen molar-refractivity contribution in [3.05, 3.63) is 59.9 Å². The molecule has 0 saturated heterocycles. The molecule has 1 unspecified atom stereocenters. The van der Waals surface area contributed by atoms with E-state index in [0.717, 1.165) is 11.4 Å². The summed E-state index contributed by atoms with van der Waals surface area (Å²) < 4.78 is 16.2. The average Bonchev–Trinajstić information content (AvgIpc) is 3.00. The Morgan fingerprint density at radius 1 is 1.24 bits per heavy atom. The van der Waals surface area contributed by atoms with Crippen molar-refractivity contribution in [2.75, 3.05) is 16.5 Å². The van der Waals surface area contributed by atoms with E-state index in [1.807, 2.05) is 19.9 Å². The Hall–Kier alpha value is -3.13. The molecule has 0 fully saturated rings. The topological polar surface area (TPSA) is 107 Å². The first-order valence-corrected chi connectivity index (χ1v) is 7.79. The third kappa shape index (κ3) is 3.38. The van der Waals surface area contributed by atoms with Gasteiger partial charge in [-0.2, -0.15) is 0 Å². The zero-order valence-electron chi connectivity index (χ0n) is 14.0. The zero-order valence-corrected chi connectivity index (χ0v) is 14.0. The van der Waals surface area contributed by atoms with Gasteiger partial charge in [-0.3, -0.25) is 5.84 Å². The number of hydrogen-bond acceptors (Lipinski definition) is 6. The number of imidazole rings is 1. The lowest BCUT2D eigenvalue weighted by molar-refractivity contribution is 0.612. The van der Waals surface area contributed by atoms with Crippen LogP contribution < -0.4 is 22.3 Å². The van der Waals surface area contributed by atoms with Crippen LogP contribution in [-0.4, -0.2) is 14.5 Å². The molecule has 8 heteroatoms. The summed E-state index contributed by atoms with van der Waals surface area (Å²) >= 11 is 0. The lowest BCUT2D eigenvalue weighted by atomic mass is 10.1. The summed E-state index contributed by atoms with van der Waals surface area (Å²) in [5, 5.41) is 3.20. The van der Waals surface area contributed by atoms with E-state index in [2.05, 4.69) is 20.7 Å². The molecule has 0 amide bonds. The normalized spacial score (nSPS) is 12.0. The monoisotopic (exact) mass is 341 g/mol. The Kier molecular flexibility index (Phi) is 4.53. The molecule has 7 nitrogen and oxygen atoms in total. The Morgan fingerprint density at radius 3 is 2.64 bits per heavy atom. The van der Waals surface area contributed by atoms with Crippen LogP contribution in [0.3, 0.4) is 0 Å². The van der Waals surface area contributed by atoms with Gasteiger partial charge in [-0.1, -0.05) is 6.07 Å². The number of pyridine rings is 1. The number of nitrogen functional groups attached to an aromatic ring is 2. The van der Waals surface area contributed by atoms with Gasteiger partial charge in [0, 0.05) is 12.4 Å². The van der Waals surface area contributed by atoms with Crippen LogP contribution in [0, 0.1) is 12.7 Å². The molecule has 25 heavy (non-hydrogen) atoms. The Bertz CT molecular complexity index is 890. The first kappa shape index (κ1) is 16.7. The molecule has 0 aliphatic rings. The number of halogens is 1. The van der Waals surface area contributed by atoms with Crippen molar-refractivity contribution in [3.8, 4) is 5.69 Å². The number of hydrazine groups is 1. The number of rotatable bonds is 5. The summed E-state index contributed by atoms with van der Waals surface area (Å²) in [4.78, 5) is 8.34. The van der Waals surface area contributed by atoms with E-state index < -0.39 is 0 Å². The molecule has 0 bridgehead atoms. The second-order valence-corrected chi connectivity index (χ2v) is 5.69. The molecule has 0 saturated carbocycles. The first-order chi connectivity index (χ1) is 12.0. The van der Waals surface area contributed by atoms with Crippen molar-refractivity contribution < 1.29 is 4.39 Å². The van der Waals surface area contributed by atoms with Gasteiger partial charge >= 0.3 is 0 Å². The molecule has 0 aliphatic carbocycles. The number of aromatic nitrogens is 3. The highest BCUT2D eigenvalue weighted by Gasteiger charge is 2.12. The number of nitrogens with one attached hydrogen (secondary N) is 2. The smallest absolute Gasteiger partial charge is 0.150 e. The van der Waals surface area contributed by atoms with Crippen molar-refractivity contribution in [2.24, 2.45) is 5.84 Å². The van der Waals surface area contributed by atoms with Gasteiger partial charge in [-0.05, 0) is 43.7 Å². The standard InChI is InChI=1S/C17H20FN7/c1-10(22-16-6-4-14(24-20)17(19)23-16)12-3-5-15(13(18)9-12)25-8-7-21-11(25)2/h3-10,24H,20H2,1-2H3,(H3,19,22,23). The molecule has 130 valence electrons. The Balaban J connectivity index is 1.81. The minimum atomic E-state index is -0.317. The van der Waals surface area contributed by atoms with E-state index in [9.17, 15) is 4.39 Å². The molecule has 0 spiro atoms. The number of nitrogens with two attached hydrogens (primary N) is 2. The fourth-order valence-corrected chi connectivity index (χ4v) is 2.60. The second-order valence-electron chi connectivity index (χ2n) is 5.69. The average molecular weight is 341 g/mol. The van der Waals surface area contributed by atoms with Crippen LogP contribution in [0.2, 0.25) is 0 Å². The maximum Gasteiger partial charge on any atom is 0.150 e. The van der Waals surface area contributed by atoms with Gasteiger partial charge in [0.1, 0.15) is 17.5 Å². The van der Waals surface area contributed by atoms with E-state index in [4.69, 9.17) is 11.6 Å². The van der Waals surface area contributed by atoms with E-state index in [0.29, 0.717) is 17.2 Å². The summed E-state index contributed by atoms with van der Waals surface area (Å²) in [6, 6.07) is 8.43. The number of anilines is 3. The first-order valence-electron chi connectivity index (χ1n) is 7.79. The maximum atomic E-state index is 14.5. The van der Waals surface area contributed by atoms with Gasteiger partial charge in [-0.25, -0.2) is 14.4 Å². The fraction of sp³-hybridized carbons (Fsp3) is 0.176. The summed E-state index contributed by atoms with van der Waals surface area (Å²) in [6.45, 7) is 3.75. The van der Waals surface area contributed by atoms with Crippen molar-refractivity contribution in [2.45, 2.75) is 19.9 Å². The summed E-state index contributed by atoms with van der Waals surface area (Å²) in [5.74, 6) is 6.62. The van der Waals surface area contributed by atoms with E-state index in [1.54, 1.807) is 35.2 Å². The van der Waals surface area contributed by atoms with E-state index in [-0.39, 0.29) is 17.7 Å². The van der Waals surface area contributed by atoms with Gasteiger partial charge < -0.3 is 21.0 Å². The van der Waals surface area contributed by atoms with Gasteiger partial charge in [0.25, 0.3) is 0 Å².